The molecule has 2 heteroatoms. The summed E-state index contributed by atoms with van der Waals surface area (Å²) in [4.78, 5) is 0. The smallest absolute Gasteiger partial charge is 0.184 e. The van der Waals surface area contributed by atoms with E-state index in [0.29, 0.717) is 0 Å². The van der Waals surface area contributed by atoms with E-state index in [-0.39, 0.29) is 5.60 Å². The van der Waals surface area contributed by atoms with Crippen LogP contribution in [0.4, 0.5) is 0 Å². The van der Waals surface area contributed by atoms with Crippen LogP contribution in [-0.4, -0.2) is 13.9 Å². The molecule has 0 heterocycles. The summed E-state index contributed by atoms with van der Waals surface area (Å²) < 4.78 is 6.16. The molecule has 70 valence electrons. The van der Waals surface area contributed by atoms with Crippen LogP contribution in [0.2, 0.25) is 19.6 Å². The first-order valence-corrected chi connectivity index (χ1v) is 8.14. The summed E-state index contributed by atoms with van der Waals surface area (Å²) in [5, 5.41) is 0. The fraction of sp³-hybridized carbons (Fsp3) is 0.800. The third-order valence-electron chi connectivity index (χ3n) is 2.36. The molecular formula is C10H20OSi. The molecular weight excluding hydrogens is 164 g/mol. The van der Waals surface area contributed by atoms with Crippen LogP contribution >= 0.6 is 0 Å². The van der Waals surface area contributed by atoms with Crippen molar-refractivity contribution < 1.29 is 4.43 Å². The van der Waals surface area contributed by atoms with E-state index in [4.69, 9.17) is 4.43 Å². The molecule has 0 atom stereocenters. The largest absolute Gasteiger partial charge is 0.408 e. The molecule has 1 rings (SSSR count). The third kappa shape index (κ3) is 2.20. The van der Waals surface area contributed by atoms with Crippen molar-refractivity contribution in [3.8, 4) is 0 Å². The highest BCUT2D eigenvalue weighted by molar-refractivity contribution is 6.69. The summed E-state index contributed by atoms with van der Waals surface area (Å²) >= 11 is 0. The Bertz CT molecular complexity index is 196. The molecule has 0 spiro atoms. The maximum absolute atomic E-state index is 6.16. The lowest BCUT2D eigenvalue weighted by molar-refractivity contribution is 0.209. The summed E-state index contributed by atoms with van der Waals surface area (Å²) in [5.41, 5.74) is 1.59. The average Bonchev–Trinajstić information content (AvgIpc) is 2.64. The highest BCUT2D eigenvalue weighted by Gasteiger charge is 2.47. The molecule has 0 aromatic carbocycles. The predicted octanol–water partition coefficient (Wildman–Crippen LogP) is 3.34. The molecule has 0 amide bonds. The van der Waals surface area contributed by atoms with Gasteiger partial charge in [0.2, 0.25) is 0 Å². The van der Waals surface area contributed by atoms with Crippen LogP contribution in [0.25, 0.3) is 0 Å². The standard InChI is InChI=1S/C10H20OSi/c1-6-9(2)10(7-8-10)11-12(3,4)5/h6H,7-8H2,1-5H3. The van der Waals surface area contributed by atoms with E-state index in [1.54, 1.807) is 0 Å². The molecule has 0 N–H and O–H groups in total. The molecule has 0 aromatic rings. The van der Waals surface area contributed by atoms with Crippen LogP contribution in [-0.2, 0) is 4.43 Å². The molecule has 0 unspecified atom stereocenters. The lowest BCUT2D eigenvalue weighted by Crippen LogP contribution is -2.33. The Kier molecular flexibility index (Phi) is 2.50. The average molecular weight is 184 g/mol. The lowest BCUT2D eigenvalue weighted by Gasteiger charge is -2.27. The Morgan fingerprint density at radius 3 is 2.08 bits per heavy atom. The van der Waals surface area contributed by atoms with E-state index in [2.05, 4.69) is 39.6 Å². The van der Waals surface area contributed by atoms with E-state index >= 15 is 0 Å². The summed E-state index contributed by atoms with van der Waals surface area (Å²) in [6.45, 7) is 11.1. The Balaban J connectivity index is 2.63. The van der Waals surface area contributed by atoms with Crippen molar-refractivity contribution in [3.05, 3.63) is 11.6 Å². The van der Waals surface area contributed by atoms with Gasteiger partial charge in [-0.15, -0.1) is 0 Å². The minimum atomic E-state index is -1.35. The molecule has 1 aliphatic carbocycles. The normalized spacial score (nSPS) is 22.6. The fourth-order valence-corrected chi connectivity index (χ4v) is 3.08. The zero-order chi connectivity index (χ0) is 9.41. The van der Waals surface area contributed by atoms with Gasteiger partial charge in [0.15, 0.2) is 8.32 Å². The molecule has 1 saturated carbocycles. The topological polar surface area (TPSA) is 9.23 Å². The fourth-order valence-electron chi connectivity index (χ4n) is 1.54. The van der Waals surface area contributed by atoms with Crippen LogP contribution in [0.3, 0.4) is 0 Å². The second-order valence-electron chi connectivity index (χ2n) is 4.68. The van der Waals surface area contributed by atoms with Crippen molar-refractivity contribution in [2.75, 3.05) is 0 Å². The van der Waals surface area contributed by atoms with Crippen molar-refractivity contribution in [2.24, 2.45) is 0 Å². The zero-order valence-electron chi connectivity index (χ0n) is 8.90. The second-order valence-corrected chi connectivity index (χ2v) is 9.11. The van der Waals surface area contributed by atoms with Crippen LogP contribution < -0.4 is 0 Å². The Labute approximate surface area is 76.9 Å². The first-order chi connectivity index (χ1) is 5.40. The quantitative estimate of drug-likeness (QED) is 0.483. The summed E-state index contributed by atoms with van der Waals surface area (Å²) in [5.74, 6) is 0. The molecule has 0 radical (unpaired) electrons. The number of allylic oxidation sites excluding steroid dienone is 1. The van der Waals surface area contributed by atoms with Gasteiger partial charge in [-0.3, -0.25) is 0 Å². The van der Waals surface area contributed by atoms with Gasteiger partial charge in [-0.1, -0.05) is 6.08 Å². The van der Waals surface area contributed by atoms with Gasteiger partial charge in [-0.05, 0) is 51.9 Å². The van der Waals surface area contributed by atoms with Crippen LogP contribution in [0.1, 0.15) is 26.7 Å². The molecule has 0 aromatic heterocycles. The third-order valence-corrected chi connectivity index (χ3v) is 3.36. The molecule has 12 heavy (non-hydrogen) atoms. The molecule has 1 aliphatic rings. The van der Waals surface area contributed by atoms with E-state index in [0.717, 1.165) is 0 Å². The van der Waals surface area contributed by atoms with Crippen molar-refractivity contribution in [2.45, 2.75) is 51.9 Å². The van der Waals surface area contributed by atoms with Crippen LogP contribution in [0.5, 0.6) is 0 Å². The Morgan fingerprint density at radius 1 is 1.33 bits per heavy atom. The number of rotatable bonds is 3. The van der Waals surface area contributed by atoms with Crippen LogP contribution in [0, 0.1) is 0 Å². The van der Waals surface area contributed by atoms with Gasteiger partial charge in [-0.2, -0.15) is 0 Å². The van der Waals surface area contributed by atoms with E-state index < -0.39 is 8.32 Å². The van der Waals surface area contributed by atoms with Crippen LogP contribution in [0.15, 0.2) is 11.6 Å². The minimum absolute atomic E-state index is 0.166. The van der Waals surface area contributed by atoms with Gasteiger partial charge >= 0.3 is 0 Å². The highest BCUT2D eigenvalue weighted by atomic mass is 28.4. The highest BCUT2D eigenvalue weighted by Crippen LogP contribution is 2.47. The minimum Gasteiger partial charge on any atom is -0.408 e. The summed E-state index contributed by atoms with van der Waals surface area (Å²) in [6.07, 6.45) is 4.65. The predicted molar refractivity (Wildman–Crippen MR) is 55.8 cm³/mol. The Hall–Kier alpha value is -0.0831. The van der Waals surface area contributed by atoms with Gasteiger partial charge in [0.25, 0.3) is 0 Å². The van der Waals surface area contributed by atoms with Crippen molar-refractivity contribution in [1.82, 2.24) is 0 Å². The number of hydrogen-bond donors (Lipinski definition) is 0. The van der Waals surface area contributed by atoms with E-state index in [1.807, 2.05) is 0 Å². The monoisotopic (exact) mass is 184 g/mol. The molecule has 1 fully saturated rings. The van der Waals surface area contributed by atoms with Gasteiger partial charge < -0.3 is 4.43 Å². The molecule has 0 aliphatic heterocycles. The van der Waals surface area contributed by atoms with Gasteiger partial charge in [0.05, 0.1) is 5.60 Å². The SMILES string of the molecule is CC=C(C)C1(O[Si](C)(C)C)CC1. The zero-order valence-corrected chi connectivity index (χ0v) is 9.90. The van der Waals surface area contributed by atoms with Crippen molar-refractivity contribution >= 4 is 8.32 Å². The van der Waals surface area contributed by atoms with E-state index in [9.17, 15) is 0 Å². The summed E-state index contributed by atoms with van der Waals surface area (Å²) in [6, 6.07) is 0. The second kappa shape index (κ2) is 3.00. The Morgan fingerprint density at radius 2 is 1.83 bits per heavy atom. The first-order valence-electron chi connectivity index (χ1n) is 4.73. The van der Waals surface area contributed by atoms with E-state index in [1.165, 1.54) is 18.4 Å². The first kappa shape index (κ1) is 10.0. The maximum atomic E-state index is 6.16. The maximum Gasteiger partial charge on any atom is 0.184 e. The van der Waals surface area contributed by atoms with Crippen molar-refractivity contribution in [3.63, 3.8) is 0 Å². The number of hydrogen-bond acceptors (Lipinski definition) is 1. The molecule has 0 saturated heterocycles. The van der Waals surface area contributed by atoms with Gasteiger partial charge in [0, 0.05) is 0 Å². The molecule has 0 bridgehead atoms. The summed E-state index contributed by atoms with van der Waals surface area (Å²) in [7, 11) is -1.35. The van der Waals surface area contributed by atoms with Gasteiger partial charge in [0.1, 0.15) is 0 Å². The van der Waals surface area contributed by atoms with Gasteiger partial charge in [-0.25, -0.2) is 0 Å². The molecule has 1 nitrogen and oxygen atoms in total. The van der Waals surface area contributed by atoms with Crippen molar-refractivity contribution in [1.29, 1.82) is 0 Å². The lowest BCUT2D eigenvalue weighted by atomic mass is 10.1.